The van der Waals surface area contributed by atoms with Crippen molar-refractivity contribution in [3.63, 3.8) is 0 Å². The molecule has 0 spiro atoms. The molecular formula is C28H58O. The predicted molar refractivity (Wildman–Crippen MR) is 133 cm³/mol. The third-order valence-electron chi connectivity index (χ3n) is 6.43. The van der Waals surface area contributed by atoms with Crippen molar-refractivity contribution in [1.82, 2.24) is 0 Å². The van der Waals surface area contributed by atoms with Gasteiger partial charge >= 0.3 is 0 Å². The Morgan fingerprint density at radius 1 is 0.414 bits per heavy atom. The van der Waals surface area contributed by atoms with Crippen molar-refractivity contribution >= 4 is 0 Å². The van der Waals surface area contributed by atoms with Crippen LogP contribution in [0.4, 0.5) is 0 Å². The van der Waals surface area contributed by atoms with E-state index in [0.29, 0.717) is 0 Å². The molecule has 1 heteroatoms. The van der Waals surface area contributed by atoms with Crippen LogP contribution in [-0.2, 0) is 4.74 Å². The first-order valence-electron chi connectivity index (χ1n) is 13.9. The second-order valence-electron chi connectivity index (χ2n) is 9.53. The third-order valence-corrected chi connectivity index (χ3v) is 6.43. The molecule has 0 aromatic heterocycles. The van der Waals surface area contributed by atoms with Crippen molar-refractivity contribution in [2.75, 3.05) is 13.2 Å². The Morgan fingerprint density at radius 3 is 1.17 bits per heavy atom. The first kappa shape index (κ1) is 29.0. The summed E-state index contributed by atoms with van der Waals surface area (Å²) in [5.74, 6) is 0.821. The summed E-state index contributed by atoms with van der Waals surface area (Å²) in [5.41, 5.74) is 0. The Hall–Kier alpha value is -0.0400. The maximum absolute atomic E-state index is 6.09. The van der Waals surface area contributed by atoms with Gasteiger partial charge in [-0.05, 0) is 25.2 Å². The van der Waals surface area contributed by atoms with E-state index in [0.717, 1.165) is 19.1 Å². The summed E-state index contributed by atoms with van der Waals surface area (Å²) in [6, 6.07) is 0. The summed E-state index contributed by atoms with van der Waals surface area (Å²) in [7, 11) is 0. The minimum Gasteiger partial charge on any atom is -0.381 e. The molecule has 0 amide bonds. The molecule has 0 heterocycles. The molecule has 0 aromatic carbocycles. The van der Waals surface area contributed by atoms with Crippen LogP contribution in [0.5, 0.6) is 0 Å². The summed E-state index contributed by atoms with van der Waals surface area (Å²) in [4.78, 5) is 0. The fourth-order valence-electron chi connectivity index (χ4n) is 4.33. The quantitative estimate of drug-likeness (QED) is 0.136. The average Bonchev–Trinajstić information content (AvgIpc) is 2.73. The Balaban J connectivity index is 3.79. The highest BCUT2D eigenvalue weighted by Gasteiger charge is 2.09. The summed E-state index contributed by atoms with van der Waals surface area (Å²) < 4.78 is 6.09. The molecule has 0 N–H and O–H groups in total. The summed E-state index contributed by atoms with van der Waals surface area (Å²) in [5, 5.41) is 0. The number of hydrogen-bond donors (Lipinski definition) is 0. The van der Waals surface area contributed by atoms with E-state index in [1.165, 1.54) is 141 Å². The second-order valence-corrected chi connectivity index (χ2v) is 9.53. The Morgan fingerprint density at radius 2 is 0.759 bits per heavy atom. The monoisotopic (exact) mass is 410 g/mol. The van der Waals surface area contributed by atoms with Gasteiger partial charge in [-0.15, -0.1) is 0 Å². The Labute approximate surface area is 186 Å². The molecule has 0 aliphatic carbocycles. The molecule has 29 heavy (non-hydrogen) atoms. The maximum Gasteiger partial charge on any atom is 0.0494 e. The molecule has 0 saturated heterocycles. The highest BCUT2D eigenvalue weighted by atomic mass is 16.5. The minimum absolute atomic E-state index is 0.821. The van der Waals surface area contributed by atoms with E-state index < -0.39 is 0 Å². The average molecular weight is 411 g/mol. The largest absolute Gasteiger partial charge is 0.381 e. The first-order valence-corrected chi connectivity index (χ1v) is 13.9. The molecule has 0 fully saturated rings. The highest BCUT2D eigenvalue weighted by Crippen LogP contribution is 2.20. The molecule has 0 radical (unpaired) electrons. The lowest BCUT2D eigenvalue weighted by molar-refractivity contribution is 0.0879. The lowest BCUT2D eigenvalue weighted by Crippen LogP contribution is -2.11. The normalized spacial score (nSPS) is 11.6. The maximum atomic E-state index is 6.09. The fraction of sp³-hybridized carbons (Fsp3) is 1.00. The van der Waals surface area contributed by atoms with E-state index in [-0.39, 0.29) is 0 Å². The lowest BCUT2D eigenvalue weighted by atomic mass is 9.94. The topological polar surface area (TPSA) is 9.23 Å². The van der Waals surface area contributed by atoms with Crippen molar-refractivity contribution in [1.29, 1.82) is 0 Å². The Kier molecular flexibility index (Phi) is 26.0. The molecule has 0 aliphatic rings. The van der Waals surface area contributed by atoms with Crippen molar-refractivity contribution in [2.24, 2.45) is 5.92 Å². The predicted octanol–water partition coefficient (Wildman–Crippen LogP) is 10.3. The third kappa shape index (κ3) is 24.1. The van der Waals surface area contributed by atoms with Gasteiger partial charge < -0.3 is 4.74 Å². The second kappa shape index (κ2) is 26.0. The van der Waals surface area contributed by atoms with Crippen LogP contribution in [0.25, 0.3) is 0 Å². The van der Waals surface area contributed by atoms with E-state index in [4.69, 9.17) is 4.74 Å². The van der Waals surface area contributed by atoms with Gasteiger partial charge in [-0.3, -0.25) is 0 Å². The van der Waals surface area contributed by atoms with Gasteiger partial charge in [0.25, 0.3) is 0 Å². The molecule has 0 saturated carbocycles. The lowest BCUT2D eigenvalue weighted by Gasteiger charge is -2.17. The van der Waals surface area contributed by atoms with Gasteiger partial charge in [0.2, 0.25) is 0 Å². The van der Waals surface area contributed by atoms with Crippen LogP contribution in [0.2, 0.25) is 0 Å². The summed E-state index contributed by atoms with van der Waals surface area (Å²) >= 11 is 0. The first-order chi connectivity index (χ1) is 14.3. The number of ether oxygens (including phenoxy) is 1. The van der Waals surface area contributed by atoms with Gasteiger partial charge in [0.05, 0.1) is 0 Å². The van der Waals surface area contributed by atoms with E-state index in [2.05, 4.69) is 20.8 Å². The Bertz CT molecular complexity index is 255. The zero-order valence-corrected chi connectivity index (χ0v) is 21.0. The van der Waals surface area contributed by atoms with Crippen LogP contribution in [0.1, 0.15) is 162 Å². The minimum atomic E-state index is 0.821. The van der Waals surface area contributed by atoms with Crippen LogP contribution in [0, 0.1) is 5.92 Å². The van der Waals surface area contributed by atoms with Crippen molar-refractivity contribution in [3.05, 3.63) is 0 Å². The summed E-state index contributed by atoms with van der Waals surface area (Å²) in [6.07, 6.45) is 31.0. The zero-order valence-electron chi connectivity index (χ0n) is 21.0. The SMILES string of the molecule is CCCCCCCCCCC(CCCCCCCCCC)COCCCCCC. The number of unbranched alkanes of at least 4 members (excludes halogenated alkanes) is 17. The molecule has 0 unspecified atom stereocenters. The smallest absolute Gasteiger partial charge is 0.0494 e. The highest BCUT2D eigenvalue weighted by molar-refractivity contribution is 4.61. The van der Waals surface area contributed by atoms with Gasteiger partial charge in [-0.25, -0.2) is 0 Å². The van der Waals surface area contributed by atoms with Crippen molar-refractivity contribution in [2.45, 2.75) is 162 Å². The van der Waals surface area contributed by atoms with Gasteiger partial charge in [0, 0.05) is 13.2 Å². The van der Waals surface area contributed by atoms with Crippen LogP contribution < -0.4 is 0 Å². The van der Waals surface area contributed by atoms with Gasteiger partial charge in [0.1, 0.15) is 0 Å². The van der Waals surface area contributed by atoms with Crippen molar-refractivity contribution < 1.29 is 4.74 Å². The molecule has 176 valence electrons. The van der Waals surface area contributed by atoms with E-state index in [1.54, 1.807) is 0 Å². The molecule has 0 rings (SSSR count). The van der Waals surface area contributed by atoms with E-state index >= 15 is 0 Å². The fourth-order valence-corrected chi connectivity index (χ4v) is 4.33. The van der Waals surface area contributed by atoms with Crippen LogP contribution in [0.15, 0.2) is 0 Å². The molecule has 0 aromatic rings. The van der Waals surface area contributed by atoms with Crippen LogP contribution in [0.3, 0.4) is 0 Å². The van der Waals surface area contributed by atoms with Gasteiger partial charge in [-0.1, -0.05) is 143 Å². The molecule has 0 atom stereocenters. The van der Waals surface area contributed by atoms with E-state index in [9.17, 15) is 0 Å². The number of rotatable bonds is 25. The molecule has 1 nitrogen and oxygen atoms in total. The van der Waals surface area contributed by atoms with Gasteiger partial charge in [0.15, 0.2) is 0 Å². The zero-order chi connectivity index (χ0) is 21.3. The molecule has 0 bridgehead atoms. The number of hydrogen-bond acceptors (Lipinski definition) is 1. The van der Waals surface area contributed by atoms with Gasteiger partial charge in [-0.2, -0.15) is 0 Å². The van der Waals surface area contributed by atoms with E-state index in [1.807, 2.05) is 0 Å². The molecule has 0 aliphatic heterocycles. The van der Waals surface area contributed by atoms with Crippen LogP contribution >= 0.6 is 0 Å². The van der Waals surface area contributed by atoms with Crippen LogP contribution in [-0.4, -0.2) is 13.2 Å². The molecular weight excluding hydrogens is 352 g/mol. The summed E-state index contributed by atoms with van der Waals surface area (Å²) in [6.45, 7) is 8.91. The standard InChI is InChI=1S/C28H58O/c1-4-7-10-13-15-17-19-21-24-28(27-29-26-23-12-9-6-3)25-22-20-18-16-14-11-8-5-2/h28H,4-27H2,1-3H3. The van der Waals surface area contributed by atoms with Crippen molar-refractivity contribution in [3.8, 4) is 0 Å².